The monoisotopic (exact) mass is 259 g/mol. The molecule has 1 fully saturated rings. The lowest BCUT2D eigenvalue weighted by molar-refractivity contribution is -0.140. The topological polar surface area (TPSA) is 67.8 Å². The minimum atomic E-state index is -0.712. The SMILES string of the molecule is CCNC[C@@H]1CC[C@@H](CC(=O)O)C[C@H]1OCOC. The second-order valence-corrected chi connectivity index (χ2v) is 4.96. The third-order valence-corrected chi connectivity index (χ3v) is 3.56. The Kier molecular flexibility index (Phi) is 7.23. The van der Waals surface area contributed by atoms with Gasteiger partial charge in [0.2, 0.25) is 0 Å². The summed E-state index contributed by atoms with van der Waals surface area (Å²) in [5.74, 6) is -0.0111. The number of hydrogen-bond acceptors (Lipinski definition) is 4. The maximum absolute atomic E-state index is 10.8. The molecule has 2 N–H and O–H groups in total. The molecular weight excluding hydrogens is 234 g/mol. The molecule has 106 valence electrons. The van der Waals surface area contributed by atoms with Crippen LogP contribution < -0.4 is 5.32 Å². The third-order valence-electron chi connectivity index (χ3n) is 3.56. The van der Waals surface area contributed by atoms with Gasteiger partial charge in [0.05, 0.1) is 6.10 Å². The smallest absolute Gasteiger partial charge is 0.303 e. The molecule has 0 aromatic rings. The second kappa shape index (κ2) is 8.45. The first-order valence-electron chi connectivity index (χ1n) is 6.70. The summed E-state index contributed by atoms with van der Waals surface area (Å²) < 4.78 is 10.7. The molecular formula is C13H25NO4. The van der Waals surface area contributed by atoms with Gasteiger partial charge in [-0.15, -0.1) is 0 Å². The fourth-order valence-corrected chi connectivity index (χ4v) is 2.63. The molecule has 0 saturated heterocycles. The van der Waals surface area contributed by atoms with Gasteiger partial charge in [0.15, 0.2) is 0 Å². The van der Waals surface area contributed by atoms with E-state index in [0.717, 1.165) is 32.4 Å². The second-order valence-electron chi connectivity index (χ2n) is 4.96. The summed E-state index contributed by atoms with van der Waals surface area (Å²) in [6.45, 7) is 4.25. The zero-order chi connectivity index (χ0) is 13.4. The van der Waals surface area contributed by atoms with E-state index < -0.39 is 5.97 Å². The number of ether oxygens (including phenoxy) is 2. The van der Waals surface area contributed by atoms with Crippen molar-refractivity contribution >= 4 is 5.97 Å². The van der Waals surface area contributed by atoms with E-state index in [1.807, 2.05) is 0 Å². The molecule has 0 bridgehead atoms. The lowest BCUT2D eigenvalue weighted by atomic mass is 9.78. The van der Waals surface area contributed by atoms with Crippen LogP contribution in [0.3, 0.4) is 0 Å². The molecule has 0 aromatic carbocycles. The number of rotatable bonds is 8. The van der Waals surface area contributed by atoms with E-state index in [4.69, 9.17) is 14.6 Å². The van der Waals surface area contributed by atoms with Crippen molar-refractivity contribution in [3.8, 4) is 0 Å². The fraction of sp³-hybridized carbons (Fsp3) is 0.923. The maximum Gasteiger partial charge on any atom is 0.303 e. The molecule has 0 aromatic heterocycles. The van der Waals surface area contributed by atoms with Crippen LogP contribution in [0.15, 0.2) is 0 Å². The van der Waals surface area contributed by atoms with Crippen LogP contribution in [0.25, 0.3) is 0 Å². The quantitative estimate of drug-likeness (QED) is 0.646. The highest BCUT2D eigenvalue weighted by molar-refractivity contribution is 5.67. The Labute approximate surface area is 109 Å². The largest absolute Gasteiger partial charge is 0.481 e. The Morgan fingerprint density at radius 1 is 1.44 bits per heavy atom. The van der Waals surface area contributed by atoms with Crippen molar-refractivity contribution in [1.82, 2.24) is 5.32 Å². The summed E-state index contributed by atoms with van der Waals surface area (Å²) in [4.78, 5) is 10.8. The Balaban J connectivity index is 2.46. The van der Waals surface area contributed by atoms with Gasteiger partial charge in [-0.05, 0) is 37.6 Å². The van der Waals surface area contributed by atoms with E-state index in [1.165, 1.54) is 0 Å². The maximum atomic E-state index is 10.8. The molecule has 1 rings (SSSR count). The molecule has 1 saturated carbocycles. The highest BCUT2D eigenvalue weighted by Gasteiger charge is 2.31. The summed E-state index contributed by atoms with van der Waals surface area (Å²) in [6.07, 6.45) is 3.20. The van der Waals surface area contributed by atoms with E-state index in [9.17, 15) is 4.79 Å². The Morgan fingerprint density at radius 3 is 2.83 bits per heavy atom. The molecule has 1 aliphatic rings. The number of methoxy groups -OCH3 is 1. The normalized spacial score (nSPS) is 28.2. The number of hydrogen-bond donors (Lipinski definition) is 2. The molecule has 0 amide bonds. The highest BCUT2D eigenvalue weighted by Crippen LogP contribution is 2.32. The predicted octanol–water partition coefficient (Wildman–Crippen LogP) is 1.48. The zero-order valence-corrected chi connectivity index (χ0v) is 11.4. The molecule has 0 unspecified atom stereocenters. The van der Waals surface area contributed by atoms with Gasteiger partial charge < -0.3 is 19.9 Å². The summed E-state index contributed by atoms with van der Waals surface area (Å²) in [5.41, 5.74) is 0. The van der Waals surface area contributed by atoms with Crippen molar-refractivity contribution in [1.29, 1.82) is 0 Å². The van der Waals surface area contributed by atoms with Crippen molar-refractivity contribution in [2.75, 3.05) is 27.0 Å². The van der Waals surface area contributed by atoms with Crippen LogP contribution in [-0.4, -0.2) is 44.2 Å². The minimum absolute atomic E-state index is 0.113. The predicted molar refractivity (Wildman–Crippen MR) is 68.4 cm³/mol. The Hall–Kier alpha value is -0.650. The van der Waals surface area contributed by atoms with E-state index in [-0.39, 0.29) is 25.2 Å². The van der Waals surface area contributed by atoms with Crippen LogP contribution >= 0.6 is 0 Å². The Morgan fingerprint density at radius 2 is 2.22 bits per heavy atom. The van der Waals surface area contributed by atoms with Gasteiger partial charge in [0.25, 0.3) is 0 Å². The molecule has 0 radical (unpaired) electrons. The zero-order valence-electron chi connectivity index (χ0n) is 11.4. The van der Waals surface area contributed by atoms with E-state index in [2.05, 4.69) is 12.2 Å². The third kappa shape index (κ3) is 5.33. The number of carboxylic acids is 1. The first-order chi connectivity index (χ1) is 8.67. The lowest BCUT2D eigenvalue weighted by Crippen LogP contribution is -2.39. The highest BCUT2D eigenvalue weighted by atomic mass is 16.7. The van der Waals surface area contributed by atoms with E-state index in [1.54, 1.807) is 7.11 Å². The van der Waals surface area contributed by atoms with Crippen molar-refractivity contribution < 1.29 is 19.4 Å². The average Bonchev–Trinajstić information content (AvgIpc) is 2.34. The van der Waals surface area contributed by atoms with Gasteiger partial charge in [0.1, 0.15) is 6.79 Å². The molecule has 3 atom stereocenters. The van der Waals surface area contributed by atoms with Crippen LogP contribution in [0.1, 0.15) is 32.6 Å². The summed E-state index contributed by atoms with van der Waals surface area (Å²) in [5, 5.41) is 12.2. The van der Waals surface area contributed by atoms with E-state index >= 15 is 0 Å². The fourth-order valence-electron chi connectivity index (χ4n) is 2.63. The van der Waals surface area contributed by atoms with Crippen LogP contribution in [-0.2, 0) is 14.3 Å². The van der Waals surface area contributed by atoms with Gasteiger partial charge in [-0.1, -0.05) is 6.92 Å². The van der Waals surface area contributed by atoms with Gasteiger partial charge >= 0.3 is 5.97 Å². The van der Waals surface area contributed by atoms with Gasteiger partial charge in [-0.25, -0.2) is 0 Å². The molecule has 1 aliphatic carbocycles. The van der Waals surface area contributed by atoms with Crippen LogP contribution in [0, 0.1) is 11.8 Å². The van der Waals surface area contributed by atoms with Crippen LogP contribution in [0.4, 0.5) is 0 Å². The van der Waals surface area contributed by atoms with Crippen molar-refractivity contribution in [3.63, 3.8) is 0 Å². The molecule has 5 nitrogen and oxygen atoms in total. The molecule has 0 heterocycles. The van der Waals surface area contributed by atoms with Crippen molar-refractivity contribution in [2.24, 2.45) is 11.8 Å². The van der Waals surface area contributed by atoms with Crippen LogP contribution in [0.2, 0.25) is 0 Å². The molecule has 0 aliphatic heterocycles. The van der Waals surface area contributed by atoms with Crippen molar-refractivity contribution in [3.05, 3.63) is 0 Å². The molecule has 0 spiro atoms. The Bertz CT molecular complexity index is 247. The van der Waals surface area contributed by atoms with Gasteiger partial charge in [0, 0.05) is 20.1 Å². The van der Waals surface area contributed by atoms with Crippen molar-refractivity contribution in [2.45, 2.75) is 38.7 Å². The van der Waals surface area contributed by atoms with Gasteiger partial charge in [-0.2, -0.15) is 0 Å². The summed E-state index contributed by atoms with van der Waals surface area (Å²) in [6, 6.07) is 0. The molecule has 5 heteroatoms. The first-order valence-corrected chi connectivity index (χ1v) is 6.70. The van der Waals surface area contributed by atoms with E-state index in [0.29, 0.717) is 5.92 Å². The number of carbonyl (C=O) groups is 1. The van der Waals surface area contributed by atoms with Gasteiger partial charge in [-0.3, -0.25) is 4.79 Å². The average molecular weight is 259 g/mol. The lowest BCUT2D eigenvalue weighted by Gasteiger charge is -2.35. The summed E-state index contributed by atoms with van der Waals surface area (Å²) in [7, 11) is 1.61. The summed E-state index contributed by atoms with van der Waals surface area (Å²) >= 11 is 0. The molecule has 18 heavy (non-hydrogen) atoms. The standard InChI is InChI=1S/C13H25NO4/c1-3-14-8-11-5-4-10(7-13(15)16)6-12(11)18-9-17-2/h10-12,14H,3-9H2,1-2H3,(H,15,16)/t10-,11+,12-/m1/s1. The number of carboxylic acid groups (broad SMARTS) is 1. The number of aliphatic carboxylic acids is 1. The first kappa shape index (κ1) is 15.4. The minimum Gasteiger partial charge on any atom is -0.481 e. The number of nitrogens with one attached hydrogen (secondary N) is 1. The van der Waals surface area contributed by atoms with Crippen LogP contribution in [0.5, 0.6) is 0 Å².